The molecular formula is C58H64N4O4P+. The van der Waals surface area contributed by atoms with Crippen molar-refractivity contribution >= 4 is 25.6 Å². The summed E-state index contributed by atoms with van der Waals surface area (Å²) in [7, 11) is 0.729. The van der Waals surface area contributed by atoms with Gasteiger partial charge in [0.2, 0.25) is 5.69 Å². The van der Waals surface area contributed by atoms with E-state index in [1.165, 1.54) is 50.6 Å². The molecule has 5 aromatic rings. The number of ether oxygens (including phenoxy) is 2. The number of aryl methyl sites for hydroxylation is 1. The van der Waals surface area contributed by atoms with Gasteiger partial charge in [-0.25, -0.2) is 4.67 Å². The van der Waals surface area contributed by atoms with Gasteiger partial charge >= 0.3 is 0 Å². The van der Waals surface area contributed by atoms with Crippen LogP contribution in [-0.4, -0.2) is 60.0 Å². The highest BCUT2D eigenvalue weighted by Gasteiger charge is 2.54. The van der Waals surface area contributed by atoms with Crippen LogP contribution in [0.25, 0.3) is 0 Å². The van der Waals surface area contributed by atoms with Crippen molar-refractivity contribution in [3.8, 4) is 6.07 Å². The third-order valence-electron chi connectivity index (χ3n) is 14.9. The molecule has 0 saturated carbocycles. The van der Waals surface area contributed by atoms with Gasteiger partial charge in [0.25, 0.3) is 8.53 Å². The van der Waals surface area contributed by atoms with Gasteiger partial charge in [-0.1, -0.05) is 123 Å². The molecule has 0 amide bonds. The van der Waals surface area contributed by atoms with Crippen LogP contribution in [0.4, 0.5) is 11.4 Å². The highest BCUT2D eigenvalue weighted by Crippen LogP contribution is 2.55. The molecule has 0 aromatic heterocycles. The first-order chi connectivity index (χ1) is 32.3. The maximum absolute atomic E-state index is 9.12. The number of rotatable bonds is 14. The largest absolute Gasteiger partial charge is 0.365 e. The first kappa shape index (κ1) is 45.5. The van der Waals surface area contributed by atoms with E-state index in [4.69, 9.17) is 23.8 Å². The number of benzene rings is 5. The average molecular weight is 912 g/mol. The van der Waals surface area contributed by atoms with Crippen LogP contribution in [0.5, 0.6) is 0 Å². The molecule has 344 valence electrons. The summed E-state index contributed by atoms with van der Waals surface area (Å²) in [6, 6.07) is 46.4. The van der Waals surface area contributed by atoms with Crippen molar-refractivity contribution in [3.05, 3.63) is 189 Å². The van der Waals surface area contributed by atoms with Gasteiger partial charge in [0, 0.05) is 58.6 Å². The minimum atomic E-state index is -1.30. The molecular weight excluding hydrogens is 848 g/mol. The number of anilines is 1. The Kier molecular flexibility index (Phi) is 12.2. The number of nitrogens with zero attached hydrogens (tertiary/aromatic N) is 4. The summed E-state index contributed by atoms with van der Waals surface area (Å²) in [5.74, 6) is 0. The molecule has 0 fully saturated rings. The van der Waals surface area contributed by atoms with E-state index in [0.29, 0.717) is 26.2 Å². The van der Waals surface area contributed by atoms with E-state index in [1.807, 2.05) is 7.05 Å². The Morgan fingerprint density at radius 3 is 2.15 bits per heavy atom. The molecule has 0 N–H and O–H groups in total. The quantitative estimate of drug-likeness (QED) is 0.0476. The van der Waals surface area contributed by atoms with Crippen LogP contribution >= 0.6 is 8.53 Å². The summed E-state index contributed by atoms with van der Waals surface area (Å²) >= 11 is 0. The number of nitriles is 1. The Bertz CT molecular complexity index is 2770. The molecule has 0 bridgehead atoms. The Morgan fingerprint density at radius 2 is 1.46 bits per heavy atom. The molecule has 5 aliphatic heterocycles. The van der Waals surface area contributed by atoms with Crippen molar-refractivity contribution in [2.24, 2.45) is 0 Å². The van der Waals surface area contributed by atoms with E-state index < -0.39 is 14.1 Å². The molecule has 5 heterocycles. The first-order valence-corrected chi connectivity index (χ1v) is 25.2. The molecule has 67 heavy (non-hydrogen) atoms. The normalized spacial score (nSPS) is 20.4. The van der Waals surface area contributed by atoms with Gasteiger partial charge in [-0.2, -0.15) is 9.84 Å². The summed E-state index contributed by atoms with van der Waals surface area (Å²) in [4.78, 5) is 2.56. The second-order valence-electron chi connectivity index (χ2n) is 20.2. The lowest BCUT2D eigenvalue weighted by Gasteiger charge is -2.42. The third kappa shape index (κ3) is 7.92. The molecule has 0 spiro atoms. The van der Waals surface area contributed by atoms with Crippen molar-refractivity contribution in [1.82, 2.24) is 4.67 Å². The van der Waals surface area contributed by atoms with Crippen molar-refractivity contribution in [2.75, 3.05) is 31.6 Å². The van der Waals surface area contributed by atoms with Gasteiger partial charge in [-0.05, 0) is 99.7 Å². The van der Waals surface area contributed by atoms with Crippen molar-refractivity contribution in [2.45, 2.75) is 116 Å². The number of fused-ring (bicyclic) bond motifs is 8. The summed E-state index contributed by atoms with van der Waals surface area (Å²) in [5, 5.41) is 9.12. The van der Waals surface area contributed by atoms with Gasteiger partial charge in [0.05, 0.1) is 49.9 Å². The maximum atomic E-state index is 9.12. The fourth-order valence-corrected chi connectivity index (χ4v) is 12.7. The van der Waals surface area contributed by atoms with E-state index in [0.717, 1.165) is 53.7 Å². The van der Waals surface area contributed by atoms with Gasteiger partial charge < -0.3 is 23.4 Å². The van der Waals surface area contributed by atoms with Crippen molar-refractivity contribution in [1.29, 1.82) is 5.26 Å². The number of hydrogen-bond donors (Lipinski definition) is 0. The van der Waals surface area contributed by atoms with Gasteiger partial charge in [0.1, 0.15) is 5.60 Å². The number of allylic oxidation sites excluding steroid dienone is 1. The van der Waals surface area contributed by atoms with Gasteiger partial charge in [-0.3, -0.25) is 0 Å². The minimum Gasteiger partial charge on any atom is -0.365 e. The SMILES string of the molecule is Cc1ccc(C(OCc2ccc3c(c2)C(C)(C)C2=[N+]3CCC3OC4CCN5C(=C4C=C23)C(C)(C)c2cc(COP(OCCC#N)N(C)C(C)C)ccc25)(c2ccccc2)c2ccccc2)cc1. The van der Waals surface area contributed by atoms with E-state index in [9.17, 15) is 0 Å². The van der Waals surface area contributed by atoms with Crippen molar-refractivity contribution in [3.63, 3.8) is 0 Å². The van der Waals surface area contributed by atoms with Crippen LogP contribution in [-0.2, 0) is 48.2 Å². The van der Waals surface area contributed by atoms with Crippen LogP contribution in [0.3, 0.4) is 0 Å². The number of hydrogen-bond acceptors (Lipinski definition) is 7. The smallest absolute Gasteiger partial charge is 0.259 e. The third-order valence-corrected chi connectivity index (χ3v) is 16.7. The summed E-state index contributed by atoms with van der Waals surface area (Å²) < 4.78 is 31.8. The van der Waals surface area contributed by atoms with Crippen LogP contribution in [0.2, 0.25) is 0 Å². The molecule has 10 rings (SSSR count). The molecule has 3 unspecified atom stereocenters. The molecule has 5 aliphatic rings. The molecule has 3 atom stereocenters. The van der Waals surface area contributed by atoms with E-state index in [2.05, 4.69) is 196 Å². The molecule has 0 aliphatic carbocycles. The molecule has 0 radical (unpaired) electrons. The summed E-state index contributed by atoms with van der Waals surface area (Å²) in [6.45, 7) is 19.0. The second-order valence-corrected chi connectivity index (χ2v) is 21.8. The van der Waals surface area contributed by atoms with Crippen LogP contribution in [0.15, 0.2) is 144 Å². The fourth-order valence-electron chi connectivity index (χ4n) is 11.3. The highest BCUT2D eigenvalue weighted by atomic mass is 31.2. The summed E-state index contributed by atoms with van der Waals surface area (Å²) in [5.41, 5.74) is 16.0. The minimum absolute atomic E-state index is 0.0558. The summed E-state index contributed by atoms with van der Waals surface area (Å²) in [6.07, 6.45) is 4.90. The van der Waals surface area contributed by atoms with Gasteiger partial charge in [0.15, 0.2) is 12.3 Å². The Hall–Kier alpha value is -5.23. The van der Waals surface area contributed by atoms with Crippen LogP contribution in [0.1, 0.15) is 105 Å². The first-order valence-electron chi connectivity index (χ1n) is 24.1. The predicted molar refractivity (Wildman–Crippen MR) is 269 cm³/mol. The lowest BCUT2D eigenvalue weighted by Crippen LogP contribution is -2.47. The Morgan fingerprint density at radius 1 is 0.806 bits per heavy atom. The fraction of sp³-hybridized carbons (Fsp3) is 0.379. The lowest BCUT2D eigenvalue weighted by molar-refractivity contribution is -0.445. The van der Waals surface area contributed by atoms with E-state index >= 15 is 0 Å². The predicted octanol–water partition coefficient (Wildman–Crippen LogP) is 12.4. The monoisotopic (exact) mass is 911 g/mol. The Labute approximate surface area is 399 Å². The van der Waals surface area contributed by atoms with E-state index in [-0.39, 0.29) is 29.1 Å². The molecule has 5 aromatic carbocycles. The van der Waals surface area contributed by atoms with E-state index in [1.54, 1.807) is 0 Å². The van der Waals surface area contributed by atoms with Crippen LogP contribution in [0, 0.1) is 18.3 Å². The Balaban J connectivity index is 0.958. The lowest BCUT2D eigenvalue weighted by atomic mass is 9.73. The molecule has 0 saturated heterocycles. The molecule has 9 heteroatoms. The molecule has 8 nitrogen and oxygen atoms in total. The maximum Gasteiger partial charge on any atom is 0.259 e. The van der Waals surface area contributed by atoms with Crippen LogP contribution < -0.4 is 4.90 Å². The highest BCUT2D eigenvalue weighted by molar-refractivity contribution is 7.44. The zero-order valence-corrected chi connectivity index (χ0v) is 41.3. The zero-order chi connectivity index (χ0) is 46.7. The topological polar surface area (TPSA) is 70.2 Å². The standard InChI is InChI=1S/C58H64N4O4P/c1-39(2)60(8)67(64-33-15-30-59)65-38-42-23-27-51-49(35-42)57(6,7)55-47-36-46-52(66-53(47)29-32-62(51)55)28-31-61-50-26-22-41(34-48(50)56(4,5)54(46)61)37-63-58(43-16-11-9-12-17-43,44-18-13-10-14-19-44)45-24-20-40(3)21-25-45/h9-14,16-27,34-36,39,52-53H,15,28-29,31-33,37-38H2,1-8H3/q+1. The second kappa shape index (κ2) is 18.0. The zero-order valence-electron chi connectivity index (χ0n) is 40.4. The van der Waals surface area contributed by atoms with Crippen molar-refractivity contribution < 1.29 is 23.1 Å². The average Bonchev–Trinajstić information content (AvgIpc) is 3.72. The van der Waals surface area contributed by atoms with Gasteiger partial charge in [-0.15, -0.1) is 0 Å².